The van der Waals surface area contributed by atoms with E-state index in [0.29, 0.717) is 12.0 Å². The number of rotatable bonds is 2. The second-order valence-corrected chi connectivity index (χ2v) is 5.58. The summed E-state index contributed by atoms with van der Waals surface area (Å²) >= 11 is 0. The molecule has 0 radical (unpaired) electrons. The smallest absolute Gasteiger partial charge is 0.224 e. The van der Waals surface area contributed by atoms with Gasteiger partial charge in [-0.05, 0) is 38.0 Å². The molecule has 1 heterocycles. The Hall–Kier alpha value is -0.610. The van der Waals surface area contributed by atoms with E-state index in [1.54, 1.807) is 0 Å². The Morgan fingerprint density at radius 2 is 1.94 bits per heavy atom. The van der Waals surface area contributed by atoms with Crippen molar-refractivity contribution in [3.05, 3.63) is 0 Å². The third-order valence-electron chi connectivity index (χ3n) is 4.07. The Kier molecular flexibility index (Phi) is 4.40. The zero-order valence-corrected chi connectivity index (χ0v) is 10.7. The van der Waals surface area contributed by atoms with Gasteiger partial charge in [-0.3, -0.25) is 4.79 Å². The molecule has 1 saturated heterocycles. The minimum absolute atomic E-state index is 0.0154. The number of nitrogens with two attached hydrogens (primary N) is 1. The van der Waals surface area contributed by atoms with Crippen molar-refractivity contribution in [2.24, 2.45) is 17.6 Å². The van der Waals surface area contributed by atoms with Crippen molar-refractivity contribution in [2.75, 3.05) is 13.2 Å². The largest absolute Gasteiger partial charge is 0.381 e. The van der Waals surface area contributed by atoms with Crippen molar-refractivity contribution in [1.82, 2.24) is 5.32 Å². The molecule has 1 aliphatic carbocycles. The first kappa shape index (κ1) is 12.8. The maximum absolute atomic E-state index is 12.2. The Morgan fingerprint density at radius 3 is 2.65 bits per heavy atom. The summed E-state index contributed by atoms with van der Waals surface area (Å²) in [6.45, 7) is 3.73. The Labute approximate surface area is 103 Å². The first-order chi connectivity index (χ1) is 8.16. The van der Waals surface area contributed by atoms with Crippen LogP contribution in [0.5, 0.6) is 0 Å². The van der Waals surface area contributed by atoms with Crippen molar-refractivity contribution >= 4 is 5.91 Å². The van der Waals surface area contributed by atoms with Crippen LogP contribution in [-0.4, -0.2) is 31.2 Å². The standard InChI is InChI=1S/C13H24N2O2/c1-9-2-3-12(14)11(8-9)13(16)15-10-4-6-17-7-5-10/h9-12H,2-8,14H2,1H3,(H,15,16). The molecular formula is C13H24N2O2. The molecule has 0 aromatic carbocycles. The van der Waals surface area contributed by atoms with Crippen LogP contribution >= 0.6 is 0 Å². The lowest BCUT2D eigenvalue weighted by molar-refractivity contribution is -0.128. The summed E-state index contributed by atoms with van der Waals surface area (Å²) in [5.41, 5.74) is 6.06. The van der Waals surface area contributed by atoms with Gasteiger partial charge in [-0.15, -0.1) is 0 Å². The normalized spacial score (nSPS) is 35.5. The van der Waals surface area contributed by atoms with Crippen LogP contribution < -0.4 is 11.1 Å². The number of ether oxygens (including phenoxy) is 1. The molecule has 1 aliphatic heterocycles. The average Bonchev–Trinajstić information content (AvgIpc) is 2.33. The minimum atomic E-state index is 0.0154. The Bertz CT molecular complexity index is 264. The second-order valence-electron chi connectivity index (χ2n) is 5.58. The number of carbonyl (C=O) groups is 1. The highest BCUT2D eigenvalue weighted by molar-refractivity contribution is 5.79. The molecule has 17 heavy (non-hydrogen) atoms. The van der Waals surface area contributed by atoms with Gasteiger partial charge in [0.15, 0.2) is 0 Å². The molecule has 1 saturated carbocycles. The minimum Gasteiger partial charge on any atom is -0.381 e. The Morgan fingerprint density at radius 1 is 1.24 bits per heavy atom. The maximum atomic E-state index is 12.2. The molecule has 0 aromatic rings. The van der Waals surface area contributed by atoms with Gasteiger partial charge < -0.3 is 15.8 Å². The van der Waals surface area contributed by atoms with Gasteiger partial charge >= 0.3 is 0 Å². The SMILES string of the molecule is CC1CCC(N)C(C(=O)NC2CCOCC2)C1. The van der Waals surface area contributed by atoms with Crippen molar-refractivity contribution in [1.29, 1.82) is 0 Å². The van der Waals surface area contributed by atoms with E-state index in [-0.39, 0.29) is 17.9 Å². The highest BCUT2D eigenvalue weighted by atomic mass is 16.5. The molecule has 1 amide bonds. The summed E-state index contributed by atoms with van der Waals surface area (Å²) in [5.74, 6) is 0.804. The van der Waals surface area contributed by atoms with E-state index < -0.39 is 0 Å². The van der Waals surface area contributed by atoms with Crippen molar-refractivity contribution in [3.8, 4) is 0 Å². The summed E-state index contributed by atoms with van der Waals surface area (Å²) in [7, 11) is 0. The molecule has 2 aliphatic rings. The first-order valence-corrected chi connectivity index (χ1v) is 6.80. The fraction of sp³-hybridized carbons (Fsp3) is 0.923. The molecule has 3 unspecified atom stereocenters. The van der Waals surface area contributed by atoms with E-state index in [4.69, 9.17) is 10.5 Å². The highest BCUT2D eigenvalue weighted by Crippen LogP contribution is 2.28. The van der Waals surface area contributed by atoms with Crippen LogP contribution in [0, 0.1) is 11.8 Å². The van der Waals surface area contributed by atoms with E-state index in [9.17, 15) is 4.79 Å². The molecule has 4 nitrogen and oxygen atoms in total. The van der Waals surface area contributed by atoms with E-state index in [2.05, 4.69) is 12.2 Å². The molecule has 2 fully saturated rings. The molecule has 0 spiro atoms. The lowest BCUT2D eigenvalue weighted by Gasteiger charge is -2.33. The van der Waals surface area contributed by atoms with Gasteiger partial charge in [0.05, 0.1) is 5.92 Å². The van der Waals surface area contributed by atoms with E-state index >= 15 is 0 Å². The summed E-state index contributed by atoms with van der Waals surface area (Å²) in [6, 6.07) is 0.340. The molecule has 4 heteroatoms. The summed E-state index contributed by atoms with van der Waals surface area (Å²) in [6.07, 6.45) is 4.94. The van der Waals surface area contributed by atoms with Crippen LogP contribution in [0.1, 0.15) is 39.0 Å². The number of hydrogen-bond acceptors (Lipinski definition) is 3. The average molecular weight is 240 g/mol. The van der Waals surface area contributed by atoms with Gasteiger partial charge in [0.2, 0.25) is 5.91 Å². The molecule has 0 bridgehead atoms. The van der Waals surface area contributed by atoms with E-state index in [0.717, 1.165) is 45.3 Å². The first-order valence-electron chi connectivity index (χ1n) is 6.80. The van der Waals surface area contributed by atoms with Crippen LogP contribution in [0.4, 0.5) is 0 Å². The number of hydrogen-bond donors (Lipinski definition) is 2. The predicted octanol–water partition coefficient (Wildman–Crippen LogP) is 1.05. The fourth-order valence-electron chi connectivity index (χ4n) is 2.86. The number of amides is 1. The quantitative estimate of drug-likeness (QED) is 0.758. The monoisotopic (exact) mass is 240 g/mol. The topological polar surface area (TPSA) is 64.4 Å². The van der Waals surface area contributed by atoms with Gasteiger partial charge in [0, 0.05) is 25.3 Å². The van der Waals surface area contributed by atoms with Gasteiger partial charge in [0.25, 0.3) is 0 Å². The van der Waals surface area contributed by atoms with Crippen LogP contribution in [0.25, 0.3) is 0 Å². The third-order valence-corrected chi connectivity index (χ3v) is 4.07. The van der Waals surface area contributed by atoms with Gasteiger partial charge in [-0.1, -0.05) is 6.92 Å². The molecule has 2 rings (SSSR count). The number of nitrogens with one attached hydrogen (secondary N) is 1. The lowest BCUT2D eigenvalue weighted by Crippen LogP contribution is -2.49. The van der Waals surface area contributed by atoms with Crippen LogP contribution in [0.15, 0.2) is 0 Å². The predicted molar refractivity (Wildman–Crippen MR) is 66.5 cm³/mol. The second kappa shape index (κ2) is 5.83. The van der Waals surface area contributed by atoms with Gasteiger partial charge in [-0.25, -0.2) is 0 Å². The lowest BCUT2D eigenvalue weighted by atomic mass is 9.78. The Balaban J connectivity index is 1.85. The fourth-order valence-corrected chi connectivity index (χ4v) is 2.86. The van der Waals surface area contributed by atoms with E-state index in [1.165, 1.54) is 0 Å². The zero-order valence-electron chi connectivity index (χ0n) is 10.7. The van der Waals surface area contributed by atoms with Crippen molar-refractivity contribution in [2.45, 2.75) is 51.1 Å². The summed E-state index contributed by atoms with van der Waals surface area (Å²) in [5, 5.41) is 3.14. The van der Waals surface area contributed by atoms with Crippen molar-refractivity contribution < 1.29 is 9.53 Å². The van der Waals surface area contributed by atoms with Crippen LogP contribution in [0.2, 0.25) is 0 Å². The number of carbonyl (C=O) groups excluding carboxylic acids is 1. The summed E-state index contributed by atoms with van der Waals surface area (Å²) < 4.78 is 5.29. The molecule has 3 atom stereocenters. The van der Waals surface area contributed by atoms with Gasteiger partial charge in [-0.2, -0.15) is 0 Å². The van der Waals surface area contributed by atoms with Gasteiger partial charge in [0.1, 0.15) is 0 Å². The molecule has 0 aromatic heterocycles. The van der Waals surface area contributed by atoms with Crippen LogP contribution in [0.3, 0.4) is 0 Å². The van der Waals surface area contributed by atoms with Crippen LogP contribution in [-0.2, 0) is 9.53 Å². The van der Waals surface area contributed by atoms with Crippen molar-refractivity contribution in [3.63, 3.8) is 0 Å². The highest BCUT2D eigenvalue weighted by Gasteiger charge is 2.32. The molecule has 3 N–H and O–H groups in total. The maximum Gasteiger partial charge on any atom is 0.224 e. The molecular weight excluding hydrogens is 216 g/mol. The zero-order chi connectivity index (χ0) is 12.3. The molecule has 98 valence electrons. The van der Waals surface area contributed by atoms with E-state index in [1.807, 2.05) is 0 Å². The third kappa shape index (κ3) is 3.42. The summed E-state index contributed by atoms with van der Waals surface area (Å²) in [4.78, 5) is 12.2.